The van der Waals surface area contributed by atoms with Crippen molar-refractivity contribution in [2.45, 2.75) is 38.6 Å². The fourth-order valence-electron chi connectivity index (χ4n) is 4.26. The van der Waals surface area contributed by atoms with Gasteiger partial charge in [0.15, 0.2) is 0 Å². The van der Waals surface area contributed by atoms with Crippen molar-refractivity contribution < 1.29 is 19.1 Å². The van der Waals surface area contributed by atoms with E-state index in [9.17, 15) is 14.4 Å². The lowest BCUT2D eigenvalue weighted by atomic mass is 10.0. The second-order valence-corrected chi connectivity index (χ2v) is 7.58. The van der Waals surface area contributed by atoms with E-state index in [0.717, 1.165) is 55.6 Å². The molecule has 0 bridgehead atoms. The molecular formula is C21H25N3O4. The maximum absolute atomic E-state index is 12.9. The average Bonchev–Trinajstić information content (AvgIpc) is 3.20. The number of benzene rings is 1. The van der Waals surface area contributed by atoms with Gasteiger partial charge in [0, 0.05) is 24.8 Å². The van der Waals surface area contributed by atoms with Gasteiger partial charge in [0.05, 0.1) is 13.2 Å². The van der Waals surface area contributed by atoms with Gasteiger partial charge in [-0.05, 0) is 49.1 Å². The summed E-state index contributed by atoms with van der Waals surface area (Å²) >= 11 is 0. The lowest BCUT2D eigenvalue weighted by molar-refractivity contribution is -0.131. The monoisotopic (exact) mass is 383 g/mol. The smallest absolute Gasteiger partial charge is 0.331 e. The predicted octanol–water partition coefficient (Wildman–Crippen LogP) is 2.24. The third kappa shape index (κ3) is 3.54. The molecule has 2 aliphatic heterocycles. The van der Waals surface area contributed by atoms with Gasteiger partial charge in [-0.2, -0.15) is 0 Å². The minimum atomic E-state index is -0.626. The van der Waals surface area contributed by atoms with Crippen LogP contribution in [0.15, 0.2) is 23.8 Å². The number of aryl methyl sites for hydroxylation is 1. The molecule has 28 heavy (non-hydrogen) atoms. The molecule has 1 aliphatic carbocycles. The van der Waals surface area contributed by atoms with Crippen LogP contribution in [-0.4, -0.2) is 55.1 Å². The van der Waals surface area contributed by atoms with Gasteiger partial charge in [-0.15, -0.1) is 0 Å². The number of hydrogen-bond acceptors (Lipinski definition) is 5. The highest BCUT2D eigenvalue weighted by molar-refractivity contribution is 6.31. The molecule has 0 aromatic heterocycles. The first-order valence-corrected chi connectivity index (χ1v) is 9.88. The topological polar surface area (TPSA) is 79.0 Å². The number of nitrogens with one attached hydrogen (secondary N) is 1. The third-order valence-corrected chi connectivity index (χ3v) is 5.71. The van der Waals surface area contributed by atoms with Crippen LogP contribution in [0.3, 0.4) is 0 Å². The summed E-state index contributed by atoms with van der Waals surface area (Å²) in [5.74, 6) is -1.12. The van der Waals surface area contributed by atoms with Crippen LogP contribution >= 0.6 is 0 Å². The zero-order valence-corrected chi connectivity index (χ0v) is 16.1. The molecule has 0 spiro atoms. The van der Waals surface area contributed by atoms with E-state index in [1.54, 1.807) is 6.08 Å². The van der Waals surface area contributed by atoms with Crippen molar-refractivity contribution in [2.75, 3.05) is 31.2 Å². The van der Waals surface area contributed by atoms with Gasteiger partial charge < -0.3 is 9.64 Å². The molecule has 7 heteroatoms. The fourth-order valence-corrected chi connectivity index (χ4v) is 4.26. The van der Waals surface area contributed by atoms with Crippen molar-refractivity contribution in [3.63, 3.8) is 0 Å². The second kappa shape index (κ2) is 7.75. The number of carbonyl (C=O) groups is 3. The highest BCUT2D eigenvalue weighted by atomic mass is 16.5. The number of rotatable bonds is 3. The number of hydrogen-bond donors (Lipinski definition) is 1. The number of urea groups is 1. The van der Waals surface area contributed by atoms with E-state index in [0.29, 0.717) is 13.2 Å². The maximum Gasteiger partial charge on any atom is 0.331 e. The van der Waals surface area contributed by atoms with E-state index < -0.39 is 17.8 Å². The molecule has 2 saturated heterocycles. The van der Waals surface area contributed by atoms with Crippen molar-refractivity contribution in [3.8, 4) is 0 Å². The number of anilines is 1. The quantitative estimate of drug-likeness (QED) is 0.640. The molecule has 7 nitrogen and oxygen atoms in total. The Morgan fingerprint density at radius 3 is 2.50 bits per heavy atom. The summed E-state index contributed by atoms with van der Waals surface area (Å²) in [6, 6.07) is 5.17. The molecule has 4 amide bonds. The number of imide groups is 2. The maximum atomic E-state index is 12.9. The fraction of sp³-hybridized carbons (Fsp3) is 0.476. The summed E-state index contributed by atoms with van der Waals surface area (Å²) in [6.07, 6.45) is 5.18. The number of nitrogens with zero attached hydrogens (tertiary/aromatic N) is 2. The van der Waals surface area contributed by atoms with Crippen molar-refractivity contribution >= 4 is 29.6 Å². The van der Waals surface area contributed by atoms with E-state index in [1.165, 1.54) is 4.90 Å². The summed E-state index contributed by atoms with van der Waals surface area (Å²) in [6.45, 7) is 5.14. The highest BCUT2D eigenvalue weighted by Gasteiger charge is 2.40. The number of ether oxygens (including phenoxy) is 1. The third-order valence-electron chi connectivity index (χ3n) is 5.71. The van der Waals surface area contributed by atoms with Crippen LogP contribution in [-0.2, 0) is 14.3 Å². The van der Waals surface area contributed by atoms with Crippen LogP contribution in [0.25, 0.3) is 6.08 Å². The first kappa shape index (κ1) is 18.7. The Bertz CT molecular complexity index is 836. The van der Waals surface area contributed by atoms with Gasteiger partial charge in [0.2, 0.25) is 0 Å². The number of carbonyl (C=O) groups excluding carboxylic acids is 3. The molecule has 1 saturated carbocycles. The lowest BCUT2D eigenvalue weighted by Gasteiger charge is -2.31. The van der Waals surface area contributed by atoms with Crippen LogP contribution in [0.5, 0.6) is 0 Å². The van der Waals surface area contributed by atoms with E-state index in [-0.39, 0.29) is 11.6 Å². The van der Waals surface area contributed by atoms with E-state index in [1.807, 2.05) is 25.1 Å². The Morgan fingerprint density at radius 2 is 1.82 bits per heavy atom. The summed E-state index contributed by atoms with van der Waals surface area (Å²) < 4.78 is 5.40. The Kier molecular flexibility index (Phi) is 5.17. The number of barbiturate groups is 1. The van der Waals surface area contributed by atoms with Crippen LogP contribution in [0.4, 0.5) is 10.5 Å². The normalized spacial score (nSPS) is 22.9. The minimum Gasteiger partial charge on any atom is -0.378 e. The zero-order chi connectivity index (χ0) is 19.7. The molecule has 2 heterocycles. The highest BCUT2D eigenvalue weighted by Crippen LogP contribution is 2.28. The van der Waals surface area contributed by atoms with Crippen molar-refractivity contribution in [1.29, 1.82) is 0 Å². The summed E-state index contributed by atoms with van der Waals surface area (Å²) in [5, 5.41) is 2.32. The average molecular weight is 383 g/mol. The molecule has 3 fully saturated rings. The standard InChI is InChI=1S/C21H25N3O4/c1-14-12-15(6-7-18(14)23-8-10-28-11-9-23)13-17-19(25)22-21(27)24(20(17)26)16-4-2-3-5-16/h6-7,12-13,16H,2-5,8-11H2,1H3,(H,22,25,27)/b17-13+. The lowest BCUT2D eigenvalue weighted by Crippen LogP contribution is -2.57. The Morgan fingerprint density at radius 1 is 1.11 bits per heavy atom. The molecule has 1 N–H and O–H groups in total. The molecule has 0 unspecified atom stereocenters. The molecular weight excluding hydrogens is 358 g/mol. The van der Waals surface area contributed by atoms with Crippen molar-refractivity contribution in [3.05, 3.63) is 34.9 Å². The Labute approximate surface area is 164 Å². The molecule has 1 aromatic rings. The van der Waals surface area contributed by atoms with E-state index in [2.05, 4.69) is 10.2 Å². The molecule has 3 aliphatic rings. The SMILES string of the molecule is Cc1cc(/C=C2\C(=O)NC(=O)N(C3CCCC3)C2=O)ccc1N1CCOCC1. The van der Waals surface area contributed by atoms with Crippen LogP contribution in [0, 0.1) is 6.92 Å². The van der Waals surface area contributed by atoms with E-state index in [4.69, 9.17) is 4.74 Å². The number of amides is 4. The number of morpholine rings is 1. The first-order chi connectivity index (χ1) is 13.5. The molecule has 148 valence electrons. The van der Waals surface area contributed by atoms with Crippen LogP contribution in [0.1, 0.15) is 36.8 Å². The molecule has 0 atom stereocenters. The molecule has 0 radical (unpaired) electrons. The van der Waals surface area contributed by atoms with Crippen LogP contribution < -0.4 is 10.2 Å². The Hall–Kier alpha value is -2.67. The summed E-state index contributed by atoms with van der Waals surface area (Å²) in [4.78, 5) is 40.9. The van der Waals surface area contributed by atoms with Gasteiger partial charge in [-0.25, -0.2) is 4.79 Å². The van der Waals surface area contributed by atoms with Gasteiger partial charge in [0.25, 0.3) is 11.8 Å². The van der Waals surface area contributed by atoms with Gasteiger partial charge in [-0.1, -0.05) is 18.9 Å². The Balaban J connectivity index is 1.59. The predicted molar refractivity (Wildman–Crippen MR) is 105 cm³/mol. The van der Waals surface area contributed by atoms with E-state index >= 15 is 0 Å². The molecule has 1 aromatic carbocycles. The summed E-state index contributed by atoms with van der Waals surface area (Å²) in [7, 11) is 0. The zero-order valence-electron chi connectivity index (χ0n) is 16.1. The second-order valence-electron chi connectivity index (χ2n) is 7.58. The van der Waals surface area contributed by atoms with Crippen molar-refractivity contribution in [1.82, 2.24) is 10.2 Å². The summed E-state index contributed by atoms with van der Waals surface area (Å²) in [5.41, 5.74) is 3.00. The minimum absolute atomic E-state index is 0.0185. The van der Waals surface area contributed by atoms with Gasteiger partial charge in [0.1, 0.15) is 5.57 Å². The molecule has 4 rings (SSSR count). The van der Waals surface area contributed by atoms with Crippen molar-refractivity contribution in [2.24, 2.45) is 0 Å². The van der Waals surface area contributed by atoms with Crippen LogP contribution in [0.2, 0.25) is 0 Å². The van der Waals surface area contributed by atoms with Gasteiger partial charge >= 0.3 is 6.03 Å². The largest absolute Gasteiger partial charge is 0.378 e. The first-order valence-electron chi connectivity index (χ1n) is 9.88. The van der Waals surface area contributed by atoms with Gasteiger partial charge in [-0.3, -0.25) is 19.8 Å².